The Bertz CT molecular complexity index is 598. The molecule has 0 bridgehead atoms. The fourth-order valence-electron chi connectivity index (χ4n) is 2.47. The van der Waals surface area contributed by atoms with Crippen molar-refractivity contribution in [1.29, 1.82) is 0 Å². The molecule has 112 valence electrons. The normalized spacial score (nSPS) is 12.2. The van der Waals surface area contributed by atoms with Crippen molar-refractivity contribution in [2.24, 2.45) is 0 Å². The largest absolute Gasteiger partial charge is 0.496 e. The molecule has 0 amide bonds. The first-order valence-corrected chi connectivity index (χ1v) is 7.33. The van der Waals surface area contributed by atoms with Crippen molar-refractivity contribution >= 4 is 0 Å². The third kappa shape index (κ3) is 3.79. The Balaban J connectivity index is 2.20. The van der Waals surface area contributed by atoms with Gasteiger partial charge >= 0.3 is 0 Å². The molecule has 0 radical (unpaired) electrons. The smallest absolute Gasteiger partial charge is 0.133 e. The Kier molecular flexibility index (Phi) is 5.28. The molecule has 0 saturated heterocycles. The van der Waals surface area contributed by atoms with Crippen LogP contribution in [0.2, 0.25) is 0 Å². The van der Waals surface area contributed by atoms with Crippen LogP contribution in [-0.2, 0) is 6.42 Å². The van der Waals surface area contributed by atoms with Crippen molar-refractivity contribution < 1.29 is 4.74 Å². The lowest BCUT2D eigenvalue weighted by molar-refractivity contribution is 0.410. The van der Waals surface area contributed by atoms with Gasteiger partial charge in [0.15, 0.2) is 0 Å². The molecule has 1 atom stereocenters. The van der Waals surface area contributed by atoms with Crippen molar-refractivity contribution in [3.05, 3.63) is 53.1 Å². The lowest BCUT2D eigenvalue weighted by atomic mass is 10.1. The fourth-order valence-corrected chi connectivity index (χ4v) is 2.47. The molecule has 0 saturated carbocycles. The van der Waals surface area contributed by atoms with E-state index in [9.17, 15) is 0 Å². The summed E-state index contributed by atoms with van der Waals surface area (Å²) in [7, 11) is 1.69. The van der Waals surface area contributed by atoms with E-state index >= 15 is 0 Å². The number of ether oxygens (including phenoxy) is 1. The van der Waals surface area contributed by atoms with Crippen LogP contribution in [0.1, 0.15) is 42.5 Å². The van der Waals surface area contributed by atoms with Crippen LogP contribution >= 0.6 is 0 Å². The van der Waals surface area contributed by atoms with Crippen molar-refractivity contribution in [2.75, 3.05) is 13.7 Å². The highest BCUT2D eigenvalue weighted by atomic mass is 16.5. The summed E-state index contributed by atoms with van der Waals surface area (Å²) in [6, 6.07) is 8.26. The van der Waals surface area contributed by atoms with Crippen LogP contribution in [0.25, 0.3) is 0 Å². The number of hydrogen-bond acceptors (Lipinski definition) is 4. The first-order valence-electron chi connectivity index (χ1n) is 7.33. The highest BCUT2D eigenvalue weighted by molar-refractivity contribution is 5.35. The molecule has 2 rings (SSSR count). The maximum Gasteiger partial charge on any atom is 0.133 e. The molecule has 0 fully saturated rings. The number of aromatic nitrogens is 2. The summed E-state index contributed by atoms with van der Waals surface area (Å²) in [5, 5.41) is 3.39. The van der Waals surface area contributed by atoms with Gasteiger partial charge in [-0.2, -0.15) is 0 Å². The SMILES string of the molecule is CCNC(C)c1cnc(Cc2ccccc2OC)nc1C. The zero-order valence-corrected chi connectivity index (χ0v) is 13.2. The molecule has 0 aliphatic rings. The number of hydrogen-bond donors (Lipinski definition) is 1. The average molecular weight is 285 g/mol. The highest BCUT2D eigenvalue weighted by Gasteiger charge is 2.11. The monoisotopic (exact) mass is 285 g/mol. The van der Waals surface area contributed by atoms with E-state index in [1.807, 2.05) is 37.4 Å². The minimum Gasteiger partial charge on any atom is -0.496 e. The highest BCUT2D eigenvalue weighted by Crippen LogP contribution is 2.21. The maximum absolute atomic E-state index is 5.38. The molecule has 0 spiro atoms. The molecule has 0 aliphatic carbocycles. The molecule has 4 nitrogen and oxygen atoms in total. The standard InChI is InChI=1S/C17H23N3O/c1-5-18-12(2)15-11-19-17(20-13(15)3)10-14-8-6-7-9-16(14)21-4/h6-9,11-12,18H,5,10H2,1-4H3. The molecule has 1 aromatic heterocycles. The number of methoxy groups -OCH3 is 1. The zero-order chi connectivity index (χ0) is 15.2. The Labute approximate surface area is 126 Å². The van der Waals surface area contributed by atoms with E-state index < -0.39 is 0 Å². The summed E-state index contributed by atoms with van der Waals surface area (Å²) in [4.78, 5) is 9.15. The van der Waals surface area contributed by atoms with Crippen molar-refractivity contribution in [3.63, 3.8) is 0 Å². The predicted octanol–water partition coefficient (Wildman–Crippen LogP) is 3.05. The van der Waals surface area contributed by atoms with E-state index in [1.54, 1.807) is 7.11 Å². The van der Waals surface area contributed by atoms with E-state index in [4.69, 9.17) is 4.74 Å². The van der Waals surface area contributed by atoms with Gasteiger partial charge in [0.25, 0.3) is 0 Å². The van der Waals surface area contributed by atoms with Gasteiger partial charge in [0.05, 0.1) is 7.11 Å². The van der Waals surface area contributed by atoms with Crippen molar-refractivity contribution in [1.82, 2.24) is 15.3 Å². The Morgan fingerprint density at radius 1 is 1.29 bits per heavy atom. The van der Waals surface area contributed by atoms with Crippen LogP contribution in [0.3, 0.4) is 0 Å². The quantitative estimate of drug-likeness (QED) is 0.886. The van der Waals surface area contributed by atoms with Crippen LogP contribution in [0, 0.1) is 6.92 Å². The molecular formula is C17H23N3O. The summed E-state index contributed by atoms with van der Waals surface area (Å²) < 4.78 is 5.38. The minimum atomic E-state index is 0.273. The second-order valence-corrected chi connectivity index (χ2v) is 5.09. The molecule has 1 unspecified atom stereocenters. The van der Waals surface area contributed by atoms with E-state index in [0.717, 1.165) is 34.9 Å². The second kappa shape index (κ2) is 7.18. The lowest BCUT2D eigenvalue weighted by Gasteiger charge is -2.15. The Morgan fingerprint density at radius 3 is 2.71 bits per heavy atom. The maximum atomic E-state index is 5.38. The molecule has 1 heterocycles. The number of benzene rings is 1. The van der Waals surface area contributed by atoms with Crippen LogP contribution < -0.4 is 10.1 Å². The number of nitrogens with zero attached hydrogens (tertiary/aromatic N) is 2. The van der Waals surface area contributed by atoms with Gasteiger partial charge in [-0.25, -0.2) is 9.97 Å². The average Bonchev–Trinajstić information content (AvgIpc) is 2.48. The van der Waals surface area contributed by atoms with Gasteiger partial charge in [0.1, 0.15) is 11.6 Å². The lowest BCUT2D eigenvalue weighted by Crippen LogP contribution is -2.19. The third-order valence-corrected chi connectivity index (χ3v) is 3.59. The van der Waals surface area contributed by atoms with E-state index in [2.05, 4.69) is 29.1 Å². The number of rotatable bonds is 6. The molecule has 4 heteroatoms. The molecule has 2 aromatic rings. The number of aryl methyl sites for hydroxylation is 1. The summed E-state index contributed by atoms with van der Waals surface area (Å²) >= 11 is 0. The van der Waals surface area contributed by atoms with E-state index in [-0.39, 0.29) is 6.04 Å². The van der Waals surface area contributed by atoms with Gasteiger partial charge < -0.3 is 10.1 Å². The summed E-state index contributed by atoms with van der Waals surface area (Å²) in [6.45, 7) is 7.21. The first kappa shape index (κ1) is 15.4. The van der Waals surface area contributed by atoms with Crippen LogP contribution in [0.5, 0.6) is 5.75 Å². The number of para-hydroxylation sites is 1. The Hall–Kier alpha value is -1.94. The molecular weight excluding hydrogens is 262 g/mol. The van der Waals surface area contributed by atoms with Gasteiger partial charge in [-0.3, -0.25) is 0 Å². The van der Waals surface area contributed by atoms with E-state index in [0.29, 0.717) is 6.42 Å². The van der Waals surface area contributed by atoms with Gasteiger partial charge in [-0.15, -0.1) is 0 Å². The molecule has 1 aromatic carbocycles. The molecule has 0 aliphatic heterocycles. The summed E-state index contributed by atoms with van der Waals surface area (Å²) in [5.41, 5.74) is 3.29. The van der Waals surface area contributed by atoms with Crippen molar-refractivity contribution in [2.45, 2.75) is 33.2 Å². The topological polar surface area (TPSA) is 47.0 Å². The molecule has 21 heavy (non-hydrogen) atoms. The molecule has 1 N–H and O–H groups in total. The summed E-state index contributed by atoms with van der Waals surface area (Å²) in [6.07, 6.45) is 2.61. The second-order valence-electron chi connectivity index (χ2n) is 5.09. The van der Waals surface area contributed by atoms with Gasteiger partial charge in [0.2, 0.25) is 0 Å². The van der Waals surface area contributed by atoms with Crippen molar-refractivity contribution in [3.8, 4) is 5.75 Å². The number of nitrogens with one attached hydrogen (secondary N) is 1. The third-order valence-electron chi connectivity index (χ3n) is 3.59. The van der Waals surface area contributed by atoms with Crippen LogP contribution in [0.15, 0.2) is 30.5 Å². The van der Waals surface area contributed by atoms with E-state index in [1.165, 1.54) is 0 Å². The summed E-state index contributed by atoms with van der Waals surface area (Å²) in [5.74, 6) is 1.70. The van der Waals surface area contributed by atoms with Gasteiger partial charge in [-0.05, 0) is 26.5 Å². The fraction of sp³-hybridized carbons (Fsp3) is 0.412. The minimum absolute atomic E-state index is 0.273. The van der Waals surface area contributed by atoms with Crippen LogP contribution in [0.4, 0.5) is 0 Å². The van der Waals surface area contributed by atoms with Gasteiger partial charge in [-0.1, -0.05) is 25.1 Å². The Morgan fingerprint density at radius 2 is 2.05 bits per heavy atom. The first-order chi connectivity index (χ1) is 10.2. The van der Waals surface area contributed by atoms with Gasteiger partial charge in [0, 0.05) is 35.5 Å². The van der Waals surface area contributed by atoms with Crippen LogP contribution in [-0.4, -0.2) is 23.6 Å². The zero-order valence-electron chi connectivity index (χ0n) is 13.2. The predicted molar refractivity (Wildman–Crippen MR) is 84.7 cm³/mol.